The Labute approximate surface area is 262 Å². The summed E-state index contributed by atoms with van der Waals surface area (Å²) in [6.07, 6.45) is 5.53. The van der Waals surface area contributed by atoms with Gasteiger partial charge in [-0.1, -0.05) is 85.8 Å². The minimum absolute atomic E-state index is 0.0644. The van der Waals surface area contributed by atoms with Crippen molar-refractivity contribution in [2.45, 2.75) is 89.7 Å². The zero-order valence-electron chi connectivity index (χ0n) is 26.3. The van der Waals surface area contributed by atoms with Gasteiger partial charge in [0.1, 0.15) is 18.3 Å². The van der Waals surface area contributed by atoms with Gasteiger partial charge in [0.25, 0.3) is 10.0 Å². The number of para-hydroxylation sites is 2. The summed E-state index contributed by atoms with van der Waals surface area (Å²) in [5.41, 5.74) is 3.08. The molecule has 0 spiro atoms. The summed E-state index contributed by atoms with van der Waals surface area (Å²) >= 11 is 0. The smallest absolute Gasteiger partial charge is 0.264 e. The first-order chi connectivity index (χ1) is 21.1. The van der Waals surface area contributed by atoms with E-state index in [1.54, 1.807) is 48.5 Å². The Kier molecular flexibility index (Phi) is 11.4. The molecule has 1 fully saturated rings. The van der Waals surface area contributed by atoms with Crippen molar-refractivity contribution in [3.63, 3.8) is 0 Å². The topological polar surface area (TPSA) is 96.0 Å². The van der Waals surface area contributed by atoms with Crippen molar-refractivity contribution in [1.82, 2.24) is 10.2 Å². The summed E-state index contributed by atoms with van der Waals surface area (Å²) in [5, 5.41) is 3.19. The van der Waals surface area contributed by atoms with E-state index in [-0.39, 0.29) is 29.1 Å². The number of sulfonamides is 1. The second-order valence-electron chi connectivity index (χ2n) is 11.5. The number of anilines is 1. The lowest BCUT2D eigenvalue weighted by Gasteiger charge is -2.34. The number of carbonyl (C=O) groups is 2. The molecule has 0 bridgehead atoms. The van der Waals surface area contributed by atoms with Gasteiger partial charge < -0.3 is 15.0 Å². The van der Waals surface area contributed by atoms with Gasteiger partial charge in [0, 0.05) is 12.6 Å². The number of benzene rings is 3. The zero-order chi connectivity index (χ0) is 31.7. The van der Waals surface area contributed by atoms with E-state index >= 15 is 0 Å². The summed E-state index contributed by atoms with van der Waals surface area (Å²) < 4.78 is 35.4. The maximum atomic E-state index is 14.4. The van der Waals surface area contributed by atoms with Crippen LogP contribution in [-0.2, 0) is 26.2 Å². The van der Waals surface area contributed by atoms with Gasteiger partial charge in [-0.3, -0.25) is 13.9 Å². The van der Waals surface area contributed by atoms with Crippen molar-refractivity contribution < 1.29 is 22.7 Å². The monoisotopic (exact) mass is 619 g/mol. The molecule has 1 aliphatic carbocycles. The van der Waals surface area contributed by atoms with Crippen LogP contribution in [0.1, 0.15) is 69.1 Å². The van der Waals surface area contributed by atoms with Crippen LogP contribution in [0.4, 0.5) is 5.69 Å². The molecule has 8 nitrogen and oxygen atoms in total. The van der Waals surface area contributed by atoms with E-state index in [0.717, 1.165) is 53.1 Å². The summed E-state index contributed by atoms with van der Waals surface area (Å²) in [4.78, 5) is 29.7. The Bertz CT molecular complexity index is 1520. The van der Waals surface area contributed by atoms with Gasteiger partial charge in [-0.15, -0.1) is 0 Å². The number of carbonyl (C=O) groups excluding carboxylic acids is 2. The van der Waals surface area contributed by atoms with Crippen LogP contribution in [0, 0.1) is 13.8 Å². The normalized spacial score (nSPS) is 14.5. The molecule has 3 aromatic carbocycles. The molecule has 0 aromatic heterocycles. The van der Waals surface area contributed by atoms with Crippen LogP contribution in [-0.4, -0.2) is 50.4 Å². The number of hydrogen-bond acceptors (Lipinski definition) is 5. The predicted molar refractivity (Wildman–Crippen MR) is 174 cm³/mol. The summed E-state index contributed by atoms with van der Waals surface area (Å²) in [7, 11) is -4.19. The fourth-order valence-corrected chi connectivity index (χ4v) is 7.19. The molecule has 0 saturated heterocycles. The molecule has 9 heteroatoms. The average Bonchev–Trinajstić information content (AvgIpc) is 3.01. The third-order valence-corrected chi connectivity index (χ3v) is 9.87. The number of amides is 2. The standard InChI is InChI=1S/C35H45N3O5S/c1-5-31(35(40)36-29-15-8-7-9-16-29)37(24-28-14-12-13-27(4)23-28)34(39)25-38(32-17-10-11-18-33(32)43-6-2)44(41,42)30-21-19-26(3)20-22-30/h10-14,17-23,29,31H,5-9,15-16,24-25H2,1-4H3,(H,36,40). The van der Waals surface area contributed by atoms with Crippen molar-refractivity contribution in [3.05, 3.63) is 89.5 Å². The Morgan fingerprint density at radius 1 is 0.909 bits per heavy atom. The van der Waals surface area contributed by atoms with Crippen molar-refractivity contribution >= 4 is 27.5 Å². The lowest BCUT2D eigenvalue weighted by Crippen LogP contribution is -2.54. The maximum Gasteiger partial charge on any atom is 0.264 e. The second kappa shape index (κ2) is 15.2. The highest BCUT2D eigenvalue weighted by Crippen LogP contribution is 2.33. The highest BCUT2D eigenvalue weighted by atomic mass is 32.2. The Balaban J connectivity index is 1.74. The number of aryl methyl sites for hydroxylation is 2. The minimum Gasteiger partial charge on any atom is -0.492 e. The van der Waals surface area contributed by atoms with Gasteiger partial charge in [0.2, 0.25) is 11.8 Å². The van der Waals surface area contributed by atoms with Gasteiger partial charge in [-0.25, -0.2) is 8.42 Å². The molecule has 1 unspecified atom stereocenters. The van der Waals surface area contributed by atoms with Crippen LogP contribution in [0.5, 0.6) is 5.75 Å². The average molecular weight is 620 g/mol. The van der Waals surface area contributed by atoms with E-state index in [1.807, 2.05) is 52.0 Å². The highest BCUT2D eigenvalue weighted by molar-refractivity contribution is 7.92. The van der Waals surface area contributed by atoms with Gasteiger partial charge >= 0.3 is 0 Å². The van der Waals surface area contributed by atoms with Crippen LogP contribution >= 0.6 is 0 Å². The maximum absolute atomic E-state index is 14.4. The number of nitrogens with zero attached hydrogens (tertiary/aromatic N) is 2. The fraction of sp³-hybridized carbons (Fsp3) is 0.429. The third kappa shape index (κ3) is 8.20. The molecular formula is C35H45N3O5S. The van der Waals surface area contributed by atoms with Gasteiger partial charge in [0.05, 0.1) is 17.2 Å². The van der Waals surface area contributed by atoms with Crippen molar-refractivity contribution in [3.8, 4) is 5.75 Å². The Morgan fingerprint density at radius 3 is 2.27 bits per heavy atom. The van der Waals surface area contributed by atoms with E-state index < -0.39 is 28.5 Å². The van der Waals surface area contributed by atoms with Crippen molar-refractivity contribution in [2.24, 2.45) is 0 Å². The van der Waals surface area contributed by atoms with Crippen LogP contribution in [0.3, 0.4) is 0 Å². The lowest BCUT2D eigenvalue weighted by molar-refractivity contribution is -0.140. The largest absolute Gasteiger partial charge is 0.492 e. The molecule has 3 aromatic rings. The van der Waals surface area contributed by atoms with Gasteiger partial charge in [-0.2, -0.15) is 0 Å². The predicted octanol–water partition coefficient (Wildman–Crippen LogP) is 6.15. The highest BCUT2D eigenvalue weighted by Gasteiger charge is 2.35. The summed E-state index contributed by atoms with van der Waals surface area (Å²) in [5.74, 6) is -0.326. The second-order valence-corrected chi connectivity index (χ2v) is 13.4. The molecular weight excluding hydrogens is 574 g/mol. The molecule has 4 rings (SSSR count). The van der Waals surface area contributed by atoms with Crippen LogP contribution in [0.25, 0.3) is 0 Å². The molecule has 1 aliphatic rings. The summed E-state index contributed by atoms with van der Waals surface area (Å²) in [6, 6.07) is 20.5. The molecule has 44 heavy (non-hydrogen) atoms. The fourth-order valence-electron chi connectivity index (χ4n) is 5.76. The number of rotatable bonds is 13. The lowest BCUT2D eigenvalue weighted by atomic mass is 9.95. The molecule has 1 N–H and O–H groups in total. The van der Waals surface area contributed by atoms with E-state index in [4.69, 9.17) is 4.74 Å². The molecule has 236 valence electrons. The third-order valence-electron chi connectivity index (χ3n) is 8.09. The SMILES string of the molecule is CCOc1ccccc1N(CC(=O)N(Cc1cccc(C)c1)C(CC)C(=O)NC1CCCCC1)S(=O)(=O)c1ccc(C)cc1. The molecule has 0 radical (unpaired) electrons. The van der Waals surface area contributed by atoms with Crippen molar-refractivity contribution in [2.75, 3.05) is 17.5 Å². The number of hydrogen-bond donors (Lipinski definition) is 1. The van der Waals surface area contributed by atoms with Gasteiger partial charge in [-0.05, 0) is 69.9 Å². The molecule has 0 aliphatic heterocycles. The van der Waals surface area contributed by atoms with Crippen LogP contribution < -0.4 is 14.4 Å². The first-order valence-corrected chi connectivity index (χ1v) is 17.0. The van der Waals surface area contributed by atoms with E-state index in [2.05, 4.69) is 5.32 Å². The van der Waals surface area contributed by atoms with Crippen molar-refractivity contribution in [1.29, 1.82) is 0 Å². The van der Waals surface area contributed by atoms with Gasteiger partial charge in [0.15, 0.2) is 0 Å². The first-order valence-electron chi connectivity index (χ1n) is 15.6. The Morgan fingerprint density at radius 2 is 1.61 bits per heavy atom. The number of nitrogens with one attached hydrogen (secondary N) is 1. The van der Waals surface area contributed by atoms with Crippen LogP contribution in [0.15, 0.2) is 77.7 Å². The van der Waals surface area contributed by atoms with E-state index in [1.165, 1.54) is 4.90 Å². The first kappa shape index (κ1) is 33.1. The molecule has 0 heterocycles. The molecule has 2 amide bonds. The summed E-state index contributed by atoms with van der Waals surface area (Å²) in [6.45, 7) is 7.55. The quantitative estimate of drug-likeness (QED) is 0.248. The van der Waals surface area contributed by atoms with Crippen LogP contribution in [0.2, 0.25) is 0 Å². The van der Waals surface area contributed by atoms with E-state index in [0.29, 0.717) is 18.8 Å². The molecule has 1 atom stereocenters. The minimum atomic E-state index is -4.19. The van der Waals surface area contributed by atoms with E-state index in [9.17, 15) is 18.0 Å². The molecule has 1 saturated carbocycles. The number of ether oxygens (including phenoxy) is 1. The zero-order valence-corrected chi connectivity index (χ0v) is 27.1. The Hall–Kier alpha value is -3.85.